The van der Waals surface area contributed by atoms with Crippen LogP contribution in [0.4, 0.5) is 4.39 Å². The largest absolute Gasteiger partial charge is 0.372 e. The summed E-state index contributed by atoms with van der Waals surface area (Å²) in [6.45, 7) is 4.23. The average Bonchev–Trinajstić information content (AvgIpc) is 2.20. The van der Waals surface area contributed by atoms with Crippen LogP contribution in [0, 0.1) is 11.3 Å². The van der Waals surface area contributed by atoms with E-state index in [2.05, 4.69) is 0 Å². The Morgan fingerprint density at radius 3 is 2.88 bits per heavy atom. The Kier molecular flexibility index (Phi) is 4.69. The minimum Gasteiger partial charge on any atom is -0.372 e. The van der Waals surface area contributed by atoms with Crippen molar-refractivity contribution >= 4 is 5.91 Å². The highest BCUT2D eigenvalue weighted by Crippen LogP contribution is 2.19. The number of carbonyl (C=O) groups excluding carboxylic acids is 1. The SMILES string of the molecule is CC(C)O[C@@H]1CCN(C(=O)CC#N)C[C@H]1F. The Hall–Kier alpha value is -1.15. The molecule has 1 saturated heterocycles. The van der Waals surface area contributed by atoms with Gasteiger partial charge in [-0.15, -0.1) is 0 Å². The second-order valence-electron chi connectivity index (χ2n) is 4.20. The fourth-order valence-corrected chi connectivity index (χ4v) is 1.79. The van der Waals surface area contributed by atoms with Crippen LogP contribution in [0.3, 0.4) is 0 Å². The van der Waals surface area contributed by atoms with Gasteiger partial charge in [0.05, 0.1) is 24.8 Å². The first-order valence-corrected chi connectivity index (χ1v) is 5.49. The minimum atomic E-state index is -1.15. The molecule has 0 N–H and O–H groups in total. The molecule has 16 heavy (non-hydrogen) atoms. The number of halogens is 1. The number of nitrogens with zero attached hydrogens (tertiary/aromatic N) is 2. The quantitative estimate of drug-likeness (QED) is 0.730. The Balaban J connectivity index is 2.45. The average molecular weight is 228 g/mol. The van der Waals surface area contributed by atoms with Crippen molar-refractivity contribution in [2.75, 3.05) is 13.1 Å². The van der Waals surface area contributed by atoms with E-state index in [9.17, 15) is 9.18 Å². The molecule has 0 saturated carbocycles. The van der Waals surface area contributed by atoms with Crippen molar-refractivity contribution in [1.29, 1.82) is 5.26 Å². The van der Waals surface area contributed by atoms with Gasteiger partial charge in [-0.25, -0.2) is 4.39 Å². The fourth-order valence-electron chi connectivity index (χ4n) is 1.79. The molecule has 1 aliphatic rings. The van der Waals surface area contributed by atoms with Gasteiger partial charge in [0.25, 0.3) is 0 Å². The second-order valence-corrected chi connectivity index (χ2v) is 4.20. The van der Waals surface area contributed by atoms with Crippen LogP contribution >= 0.6 is 0 Å². The Morgan fingerprint density at radius 1 is 1.69 bits per heavy atom. The smallest absolute Gasteiger partial charge is 0.236 e. The van der Waals surface area contributed by atoms with E-state index < -0.39 is 12.3 Å². The zero-order valence-corrected chi connectivity index (χ0v) is 9.65. The Labute approximate surface area is 95.0 Å². The summed E-state index contributed by atoms with van der Waals surface area (Å²) in [4.78, 5) is 12.8. The lowest BCUT2D eigenvalue weighted by Crippen LogP contribution is -2.48. The molecular weight excluding hydrogens is 211 g/mol. The van der Waals surface area contributed by atoms with Gasteiger partial charge in [0.1, 0.15) is 12.6 Å². The summed E-state index contributed by atoms with van der Waals surface area (Å²) in [5.74, 6) is -0.298. The number of piperidine rings is 1. The maximum Gasteiger partial charge on any atom is 0.236 e. The molecule has 0 spiro atoms. The van der Waals surface area contributed by atoms with Gasteiger partial charge in [-0.3, -0.25) is 4.79 Å². The van der Waals surface area contributed by atoms with Crippen LogP contribution in [0.1, 0.15) is 26.7 Å². The molecule has 1 fully saturated rings. The van der Waals surface area contributed by atoms with Crippen molar-refractivity contribution in [2.45, 2.75) is 45.1 Å². The van der Waals surface area contributed by atoms with Crippen molar-refractivity contribution in [3.63, 3.8) is 0 Å². The molecular formula is C11H17FN2O2. The van der Waals surface area contributed by atoms with E-state index in [1.165, 1.54) is 4.90 Å². The third-order valence-electron chi connectivity index (χ3n) is 2.51. The molecule has 1 amide bonds. The molecule has 0 aromatic heterocycles. The molecule has 1 heterocycles. The van der Waals surface area contributed by atoms with Gasteiger partial charge >= 0.3 is 0 Å². The number of amides is 1. The van der Waals surface area contributed by atoms with Crippen LogP contribution in [0.15, 0.2) is 0 Å². The van der Waals surface area contributed by atoms with Gasteiger partial charge in [0.15, 0.2) is 0 Å². The summed E-state index contributed by atoms with van der Waals surface area (Å²) in [5.41, 5.74) is 0. The van der Waals surface area contributed by atoms with Crippen molar-refractivity contribution in [1.82, 2.24) is 4.90 Å². The number of hydrogen-bond donors (Lipinski definition) is 0. The standard InChI is InChI=1S/C11H17FN2O2/c1-8(2)16-10-4-6-14(7-9(10)12)11(15)3-5-13/h8-10H,3-4,6-7H2,1-2H3/t9-,10-/m1/s1. The van der Waals surface area contributed by atoms with E-state index in [-0.39, 0.29) is 25.0 Å². The molecule has 1 rings (SSSR count). The lowest BCUT2D eigenvalue weighted by molar-refractivity contribution is -0.137. The molecule has 0 aromatic carbocycles. The number of hydrogen-bond acceptors (Lipinski definition) is 3. The summed E-state index contributed by atoms with van der Waals surface area (Å²) in [7, 11) is 0. The van der Waals surface area contributed by atoms with E-state index >= 15 is 0 Å². The van der Waals surface area contributed by atoms with Crippen LogP contribution < -0.4 is 0 Å². The highest BCUT2D eigenvalue weighted by Gasteiger charge is 2.32. The van der Waals surface area contributed by atoms with Crippen molar-refractivity contribution < 1.29 is 13.9 Å². The molecule has 0 aliphatic carbocycles. The lowest BCUT2D eigenvalue weighted by atomic mass is 10.1. The summed E-state index contributed by atoms with van der Waals surface area (Å²) in [6.07, 6.45) is -1.27. The highest BCUT2D eigenvalue weighted by molar-refractivity contribution is 5.78. The first kappa shape index (κ1) is 12.9. The number of carbonyl (C=O) groups is 1. The summed E-state index contributed by atoms with van der Waals surface area (Å²) in [5, 5.41) is 8.39. The lowest BCUT2D eigenvalue weighted by Gasteiger charge is -2.35. The molecule has 2 atom stereocenters. The Morgan fingerprint density at radius 2 is 2.38 bits per heavy atom. The Bertz CT molecular complexity index is 288. The van der Waals surface area contributed by atoms with E-state index in [4.69, 9.17) is 10.00 Å². The van der Waals surface area contributed by atoms with Gasteiger partial charge in [-0.05, 0) is 20.3 Å². The summed E-state index contributed by atoms with van der Waals surface area (Å²) < 4.78 is 19.1. The first-order valence-electron chi connectivity index (χ1n) is 5.49. The summed E-state index contributed by atoms with van der Waals surface area (Å²) >= 11 is 0. The molecule has 0 unspecified atom stereocenters. The zero-order chi connectivity index (χ0) is 12.1. The normalized spacial score (nSPS) is 25.6. The van der Waals surface area contributed by atoms with Crippen LogP contribution in [0.2, 0.25) is 0 Å². The predicted molar refractivity (Wildman–Crippen MR) is 56.3 cm³/mol. The predicted octanol–water partition coefficient (Wildman–Crippen LogP) is 1.26. The van der Waals surface area contributed by atoms with Gasteiger partial charge in [-0.1, -0.05) is 0 Å². The second kappa shape index (κ2) is 5.80. The van der Waals surface area contributed by atoms with Crippen LogP contribution in [-0.4, -0.2) is 42.3 Å². The number of nitriles is 1. The summed E-state index contributed by atoms with van der Waals surface area (Å²) in [6, 6.07) is 1.78. The number of alkyl halides is 1. The molecule has 4 nitrogen and oxygen atoms in total. The van der Waals surface area contributed by atoms with Crippen molar-refractivity contribution in [3.05, 3.63) is 0 Å². The first-order chi connectivity index (χ1) is 7.54. The van der Waals surface area contributed by atoms with E-state index in [0.717, 1.165) is 0 Å². The van der Waals surface area contributed by atoms with E-state index in [0.29, 0.717) is 13.0 Å². The van der Waals surface area contributed by atoms with Gasteiger partial charge in [-0.2, -0.15) is 5.26 Å². The fraction of sp³-hybridized carbons (Fsp3) is 0.818. The topological polar surface area (TPSA) is 53.3 Å². The third kappa shape index (κ3) is 3.46. The molecule has 5 heteroatoms. The van der Waals surface area contributed by atoms with Crippen LogP contribution in [0.5, 0.6) is 0 Å². The maximum atomic E-state index is 13.7. The molecule has 1 aliphatic heterocycles. The van der Waals surface area contributed by atoms with Gasteiger partial charge in [0, 0.05) is 6.54 Å². The zero-order valence-electron chi connectivity index (χ0n) is 9.65. The van der Waals surface area contributed by atoms with Crippen molar-refractivity contribution in [3.8, 4) is 6.07 Å². The van der Waals surface area contributed by atoms with E-state index in [1.807, 2.05) is 13.8 Å². The van der Waals surface area contributed by atoms with Gasteiger partial charge < -0.3 is 9.64 Å². The minimum absolute atomic E-state index is 0.00962. The number of likely N-dealkylation sites (tertiary alicyclic amines) is 1. The number of ether oxygens (including phenoxy) is 1. The number of rotatable bonds is 3. The maximum absolute atomic E-state index is 13.7. The molecule has 0 bridgehead atoms. The van der Waals surface area contributed by atoms with Crippen molar-refractivity contribution in [2.24, 2.45) is 0 Å². The van der Waals surface area contributed by atoms with E-state index in [1.54, 1.807) is 6.07 Å². The highest BCUT2D eigenvalue weighted by atomic mass is 19.1. The van der Waals surface area contributed by atoms with Gasteiger partial charge in [0.2, 0.25) is 5.91 Å². The molecule has 90 valence electrons. The molecule has 0 aromatic rings. The van der Waals surface area contributed by atoms with Crippen LogP contribution in [-0.2, 0) is 9.53 Å². The molecule has 0 radical (unpaired) electrons. The third-order valence-corrected chi connectivity index (χ3v) is 2.51. The monoisotopic (exact) mass is 228 g/mol. The van der Waals surface area contributed by atoms with Crippen LogP contribution in [0.25, 0.3) is 0 Å².